The summed E-state index contributed by atoms with van der Waals surface area (Å²) in [5, 5.41) is 5.68. The number of ether oxygens (including phenoxy) is 1. The Kier molecular flexibility index (Phi) is 8.86. The Morgan fingerprint density at radius 1 is 0.676 bits per heavy atom. The van der Waals surface area contributed by atoms with Gasteiger partial charge in [-0.1, -0.05) is 78.9 Å². The van der Waals surface area contributed by atoms with Crippen LogP contribution in [0.1, 0.15) is 32.0 Å². The van der Waals surface area contributed by atoms with Gasteiger partial charge in [0.15, 0.2) is 5.76 Å². The summed E-state index contributed by atoms with van der Waals surface area (Å²) in [6.45, 7) is -0.0613. The lowest BCUT2D eigenvalue weighted by atomic mass is 10.0. The lowest BCUT2D eigenvalue weighted by Crippen LogP contribution is -2.46. The Morgan fingerprint density at radius 2 is 1.27 bits per heavy atom. The molecule has 3 aromatic carbocycles. The number of carbonyl (C=O) groups is 3. The van der Waals surface area contributed by atoms with Crippen LogP contribution < -0.4 is 10.6 Å². The van der Waals surface area contributed by atoms with Gasteiger partial charge in [-0.15, -0.1) is 0 Å². The van der Waals surface area contributed by atoms with Gasteiger partial charge >= 0.3 is 5.97 Å². The zero-order chi connectivity index (χ0) is 25.9. The number of furan rings is 1. The molecule has 1 aromatic heterocycles. The van der Waals surface area contributed by atoms with E-state index in [1.54, 1.807) is 30.3 Å². The summed E-state index contributed by atoms with van der Waals surface area (Å²) in [6.07, 6.45) is 2.10. The summed E-state index contributed by atoms with van der Waals surface area (Å²) < 4.78 is 10.8. The first-order valence-corrected chi connectivity index (χ1v) is 12.0. The highest BCUT2D eigenvalue weighted by atomic mass is 16.5. The Hall–Kier alpha value is -4.65. The van der Waals surface area contributed by atoms with Crippen LogP contribution in [-0.4, -0.2) is 36.5 Å². The molecule has 4 aromatic rings. The summed E-state index contributed by atoms with van der Waals surface area (Å²) in [7, 11) is 0. The molecule has 1 heterocycles. The predicted molar refractivity (Wildman–Crippen MR) is 139 cm³/mol. The maximum atomic E-state index is 13.2. The fourth-order valence-corrected chi connectivity index (χ4v) is 3.87. The topological polar surface area (TPSA) is 97.6 Å². The molecule has 2 amide bonds. The van der Waals surface area contributed by atoms with Crippen LogP contribution in [0.5, 0.6) is 0 Å². The van der Waals surface area contributed by atoms with E-state index in [2.05, 4.69) is 10.6 Å². The highest BCUT2D eigenvalue weighted by molar-refractivity contribution is 5.95. The van der Waals surface area contributed by atoms with Crippen LogP contribution in [0.15, 0.2) is 114 Å². The third kappa shape index (κ3) is 7.67. The van der Waals surface area contributed by atoms with Crippen molar-refractivity contribution in [3.8, 4) is 0 Å². The largest absolute Gasteiger partial charge is 0.462 e. The summed E-state index contributed by atoms with van der Waals surface area (Å²) in [5.41, 5.74) is 2.37. The third-order valence-corrected chi connectivity index (χ3v) is 5.74. The van der Waals surface area contributed by atoms with Crippen LogP contribution in [0.4, 0.5) is 0 Å². The molecule has 2 N–H and O–H groups in total. The minimum absolute atomic E-state index is 0.0613. The summed E-state index contributed by atoms with van der Waals surface area (Å²) in [4.78, 5) is 38.6. The molecular formula is C30H28N2O5. The Bertz CT molecular complexity index is 1280. The van der Waals surface area contributed by atoms with Gasteiger partial charge in [-0.2, -0.15) is 0 Å². The van der Waals surface area contributed by atoms with Crippen molar-refractivity contribution >= 4 is 17.8 Å². The van der Waals surface area contributed by atoms with Crippen LogP contribution in [0.3, 0.4) is 0 Å². The van der Waals surface area contributed by atoms with Crippen molar-refractivity contribution in [2.45, 2.75) is 24.9 Å². The number of benzene rings is 3. The van der Waals surface area contributed by atoms with E-state index >= 15 is 0 Å². The molecule has 37 heavy (non-hydrogen) atoms. The van der Waals surface area contributed by atoms with E-state index in [0.29, 0.717) is 12.0 Å². The Labute approximate surface area is 215 Å². The summed E-state index contributed by atoms with van der Waals surface area (Å²) in [5.74, 6) is -1.27. The summed E-state index contributed by atoms with van der Waals surface area (Å²) in [6, 6.07) is 29.6. The molecule has 4 rings (SSSR count). The molecule has 7 heteroatoms. The molecule has 0 fully saturated rings. The van der Waals surface area contributed by atoms with E-state index in [1.807, 2.05) is 66.7 Å². The third-order valence-electron chi connectivity index (χ3n) is 5.74. The monoisotopic (exact) mass is 496 g/mol. The van der Waals surface area contributed by atoms with Crippen LogP contribution in [0.25, 0.3) is 0 Å². The number of hydrogen-bond donors (Lipinski definition) is 2. The van der Waals surface area contributed by atoms with Gasteiger partial charge in [-0.25, -0.2) is 4.79 Å². The van der Waals surface area contributed by atoms with Gasteiger partial charge in [-0.3, -0.25) is 9.59 Å². The molecule has 2 atom stereocenters. The fourth-order valence-electron chi connectivity index (χ4n) is 3.87. The zero-order valence-electron chi connectivity index (χ0n) is 20.2. The van der Waals surface area contributed by atoms with Crippen molar-refractivity contribution < 1.29 is 23.5 Å². The maximum absolute atomic E-state index is 13.2. The SMILES string of the molecule is O=C(N[C@@H](COC(=O)[C@H](Cc1ccccc1)NC(=O)c1ccco1)Cc1ccccc1)c1ccccc1. The van der Waals surface area contributed by atoms with Gasteiger partial charge in [0, 0.05) is 12.0 Å². The maximum Gasteiger partial charge on any atom is 0.329 e. The van der Waals surface area contributed by atoms with Gasteiger partial charge in [0.1, 0.15) is 12.6 Å². The quantitative estimate of drug-likeness (QED) is 0.303. The average molecular weight is 497 g/mol. The smallest absolute Gasteiger partial charge is 0.329 e. The second-order valence-corrected chi connectivity index (χ2v) is 8.55. The van der Waals surface area contributed by atoms with Crippen molar-refractivity contribution in [3.63, 3.8) is 0 Å². The molecule has 0 spiro atoms. The van der Waals surface area contributed by atoms with Gasteiger partial charge < -0.3 is 19.8 Å². The number of hydrogen-bond acceptors (Lipinski definition) is 5. The van der Waals surface area contributed by atoms with E-state index in [0.717, 1.165) is 11.1 Å². The van der Waals surface area contributed by atoms with Crippen LogP contribution in [-0.2, 0) is 22.4 Å². The van der Waals surface area contributed by atoms with E-state index in [9.17, 15) is 14.4 Å². The molecule has 0 aliphatic rings. The van der Waals surface area contributed by atoms with E-state index in [-0.39, 0.29) is 24.7 Å². The molecule has 7 nitrogen and oxygen atoms in total. The van der Waals surface area contributed by atoms with Crippen molar-refractivity contribution in [3.05, 3.63) is 132 Å². The first-order valence-electron chi connectivity index (χ1n) is 12.0. The van der Waals surface area contributed by atoms with Crippen LogP contribution >= 0.6 is 0 Å². The van der Waals surface area contributed by atoms with Gasteiger partial charge in [0.2, 0.25) is 0 Å². The van der Waals surface area contributed by atoms with E-state index in [4.69, 9.17) is 9.15 Å². The molecule has 0 saturated heterocycles. The van der Waals surface area contributed by atoms with E-state index < -0.39 is 24.0 Å². The van der Waals surface area contributed by atoms with Crippen molar-refractivity contribution in [1.82, 2.24) is 10.6 Å². The minimum Gasteiger partial charge on any atom is -0.462 e. The first-order chi connectivity index (χ1) is 18.1. The molecule has 0 bridgehead atoms. The standard InChI is InChI=1S/C30H28N2O5/c33-28(24-15-8-3-9-16-24)31-25(19-22-11-4-1-5-12-22)21-37-30(35)26(20-23-13-6-2-7-14-23)32-29(34)27-17-10-18-36-27/h1-18,25-26H,19-21H2,(H,31,33)(H,32,34)/t25-,26+/m1/s1. The molecular weight excluding hydrogens is 468 g/mol. The normalized spacial score (nSPS) is 12.2. The molecule has 0 radical (unpaired) electrons. The Balaban J connectivity index is 1.46. The van der Waals surface area contributed by atoms with Crippen LogP contribution in [0.2, 0.25) is 0 Å². The van der Waals surface area contributed by atoms with Crippen LogP contribution in [0, 0.1) is 0 Å². The van der Waals surface area contributed by atoms with Crippen molar-refractivity contribution in [2.24, 2.45) is 0 Å². The number of carbonyl (C=O) groups excluding carboxylic acids is 3. The second kappa shape index (κ2) is 12.9. The number of amides is 2. The number of rotatable bonds is 11. The fraction of sp³-hybridized carbons (Fsp3) is 0.167. The van der Waals surface area contributed by atoms with Gasteiger partial charge in [-0.05, 0) is 41.8 Å². The lowest BCUT2D eigenvalue weighted by Gasteiger charge is -2.22. The first kappa shape index (κ1) is 25.4. The van der Waals surface area contributed by atoms with Gasteiger partial charge in [0.25, 0.3) is 11.8 Å². The Morgan fingerprint density at radius 3 is 1.86 bits per heavy atom. The predicted octanol–water partition coefficient (Wildman–Crippen LogP) is 4.21. The lowest BCUT2D eigenvalue weighted by molar-refractivity contribution is -0.146. The zero-order valence-corrected chi connectivity index (χ0v) is 20.2. The highest BCUT2D eigenvalue weighted by Gasteiger charge is 2.26. The molecule has 0 saturated carbocycles. The number of esters is 1. The van der Waals surface area contributed by atoms with Crippen molar-refractivity contribution in [1.29, 1.82) is 0 Å². The average Bonchev–Trinajstić information content (AvgIpc) is 3.48. The molecule has 188 valence electrons. The number of nitrogens with one attached hydrogen (secondary N) is 2. The summed E-state index contributed by atoms with van der Waals surface area (Å²) >= 11 is 0. The molecule has 0 unspecified atom stereocenters. The van der Waals surface area contributed by atoms with E-state index in [1.165, 1.54) is 12.3 Å². The highest BCUT2D eigenvalue weighted by Crippen LogP contribution is 2.10. The van der Waals surface area contributed by atoms with Crippen molar-refractivity contribution in [2.75, 3.05) is 6.61 Å². The second-order valence-electron chi connectivity index (χ2n) is 8.55. The molecule has 0 aliphatic heterocycles. The minimum atomic E-state index is -0.942. The molecule has 0 aliphatic carbocycles. The van der Waals surface area contributed by atoms with Gasteiger partial charge in [0.05, 0.1) is 12.3 Å².